The summed E-state index contributed by atoms with van der Waals surface area (Å²) in [5.74, 6) is -0.170. The highest BCUT2D eigenvalue weighted by atomic mass is 35.5. The molecule has 3 rings (SSSR count). The summed E-state index contributed by atoms with van der Waals surface area (Å²) < 4.78 is 26.7. The zero-order chi connectivity index (χ0) is 18.6. The standard InChI is InChI=1S/C19H23N3O3S.ClH/c20-17-8-4-7-16(13-17)19(23)21-18-9-11-22(12-10-18)26(24,25)14-15-5-2-1-3-6-15;/h1-8,13,18H,9-12,14,20H2,(H,21,23);1H. The number of nitrogens with one attached hydrogen (secondary N) is 1. The quantitative estimate of drug-likeness (QED) is 0.741. The van der Waals surface area contributed by atoms with Gasteiger partial charge < -0.3 is 11.1 Å². The number of hydrogen-bond donors (Lipinski definition) is 2. The molecule has 1 amide bonds. The van der Waals surface area contributed by atoms with Crippen molar-refractivity contribution in [2.24, 2.45) is 0 Å². The van der Waals surface area contributed by atoms with Gasteiger partial charge in [-0.05, 0) is 36.6 Å². The molecule has 2 aromatic carbocycles. The molecular weight excluding hydrogens is 386 g/mol. The number of nitrogens with zero attached hydrogens (tertiary/aromatic N) is 1. The Morgan fingerprint density at radius 1 is 1.07 bits per heavy atom. The summed E-state index contributed by atoms with van der Waals surface area (Å²) in [5.41, 5.74) is 7.55. The Kier molecular flexibility index (Phi) is 7.24. The maximum atomic E-state index is 12.6. The van der Waals surface area contributed by atoms with E-state index in [1.165, 1.54) is 4.31 Å². The van der Waals surface area contributed by atoms with Crippen LogP contribution in [0, 0.1) is 0 Å². The third-order valence-electron chi connectivity index (χ3n) is 4.52. The molecule has 6 nitrogen and oxygen atoms in total. The Morgan fingerprint density at radius 2 is 1.74 bits per heavy atom. The molecule has 2 aromatic rings. The van der Waals surface area contributed by atoms with Crippen molar-refractivity contribution in [2.45, 2.75) is 24.6 Å². The highest BCUT2D eigenvalue weighted by Crippen LogP contribution is 2.18. The fourth-order valence-corrected chi connectivity index (χ4v) is 4.67. The van der Waals surface area contributed by atoms with Gasteiger partial charge in [-0.25, -0.2) is 12.7 Å². The number of nitrogens with two attached hydrogens (primary N) is 1. The van der Waals surface area contributed by atoms with Gasteiger partial charge in [0.15, 0.2) is 0 Å². The monoisotopic (exact) mass is 409 g/mol. The van der Waals surface area contributed by atoms with Crippen LogP contribution >= 0.6 is 12.4 Å². The van der Waals surface area contributed by atoms with E-state index in [2.05, 4.69) is 5.32 Å². The minimum Gasteiger partial charge on any atom is -0.399 e. The van der Waals surface area contributed by atoms with Gasteiger partial charge in [-0.1, -0.05) is 36.4 Å². The molecule has 3 N–H and O–H groups in total. The van der Waals surface area contributed by atoms with Crippen molar-refractivity contribution in [1.29, 1.82) is 0 Å². The fourth-order valence-electron chi connectivity index (χ4n) is 3.10. The number of hydrogen-bond acceptors (Lipinski definition) is 4. The molecule has 0 spiro atoms. The predicted molar refractivity (Wildman–Crippen MR) is 109 cm³/mol. The lowest BCUT2D eigenvalue weighted by Gasteiger charge is -2.31. The second kappa shape index (κ2) is 9.21. The molecule has 8 heteroatoms. The van der Waals surface area contributed by atoms with Gasteiger partial charge in [0.1, 0.15) is 0 Å². The fraction of sp³-hybridized carbons (Fsp3) is 0.316. The smallest absolute Gasteiger partial charge is 0.251 e. The van der Waals surface area contributed by atoms with Crippen molar-refractivity contribution < 1.29 is 13.2 Å². The van der Waals surface area contributed by atoms with Crippen molar-refractivity contribution in [3.8, 4) is 0 Å². The van der Waals surface area contributed by atoms with Crippen LogP contribution in [0.1, 0.15) is 28.8 Å². The summed E-state index contributed by atoms with van der Waals surface area (Å²) in [6.45, 7) is 0.827. The van der Waals surface area contributed by atoms with Crippen LogP contribution in [0.2, 0.25) is 0 Å². The summed E-state index contributed by atoms with van der Waals surface area (Å²) in [6, 6.07) is 15.9. The lowest BCUT2D eigenvalue weighted by molar-refractivity contribution is 0.0924. The van der Waals surface area contributed by atoms with E-state index in [0.29, 0.717) is 37.2 Å². The average molecular weight is 410 g/mol. The first kappa shape index (κ1) is 21.2. The molecule has 0 atom stereocenters. The number of benzene rings is 2. The Hall–Kier alpha value is -2.09. The first-order valence-corrected chi connectivity index (χ1v) is 10.2. The molecule has 27 heavy (non-hydrogen) atoms. The molecule has 1 aliphatic rings. The Balaban J connectivity index is 0.00000261. The summed E-state index contributed by atoms with van der Waals surface area (Å²) in [4.78, 5) is 12.3. The van der Waals surface area contributed by atoms with Crippen LogP contribution in [0.15, 0.2) is 54.6 Å². The van der Waals surface area contributed by atoms with Gasteiger partial charge in [-0.2, -0.15) is 0 Å². The number of nitrogen functional groups attached to an aromatic ring is 1. The van der Waals surface area contributed by atoms with E-state index < -0.39 is 10.0 Å². The molecule has 0 bridgehead atoms. The van der Waals surface area contributed by atoms with Gasteiger partial charge in [0.05, 0.1) is 5.75 Å². The Bertz CT molecular complexity index is 867. The van der Waals surface area contributed by atoms with E-state index >= 15 is 0 Å². The summed E-state index contributed by atoms with van der Waals surface area (Å²) in [5, 5.41) is 2.97. The van der Waals surface area contributed by atoms with Crippen molar-refractivity contribution in [2.75, 3.05) is 18.8 Å². The summed E-state index contributed by atoms with van der Waals surface area (Å²) >= 11 is 0. The van der Waals surface area contributed by atoms with Crippen LogP contribution < -0.4 is 11.1 Å². The second-order valence-corrected chi connectivity index (χ2v) is 8.48. The van der Waals surface area contributed by atoms with Crippen molar-refractivity contribution in [3.05, 3.63) is 65.7 Å². The summed E-state index contributed by atoms with van der Waals surface area (Å²) in [7, 11) is -3.34. The van der Waals surface area contributed by atoms with Gasteiger partial charge in [-0.3, -0.25) is 4.79 Å². The lowest BCUT2D eigenvalue weighted by Crippen LogP contribution is -2.46. The third-order valence-corrected chi connectivity index (χ3v) is 6.37. The van der Waals surface area contributed by atoms with Gasteiger partial charge in [0.2, 0.25) is 10.0 Å². The van der Waals surface area contributed by atoms with E-state index in [-0.39, 0.29) is 30.1 Å². The van der Waals surface area contributed by atoms with Crippen LogP contribution in [0.4, 0.5) is 5.69 Å². The Labute approximate surface area is 166 Å². The maximum absolute atomic E-state index is 12.6. The molecule has 0 unspecified atom stereocenters. The molecule has 1 fully saturated rings. The van der Waals surface area contributed by atoms with E-state index in [0.717, 1.165) is 5.56 Å². The van der Waals surface area contributed by atoms with Gasteiger partial charge in [-0.15, -0.1) is 12.4 Å². The van der Waals surface area contributed by atoms with E-state index in [9.17, 15) is 13.2 Å². The van der Waals surface area contributed by atoms with Crippen molar-refractivity contribution in [1.82, 2.24) is 9.62 Å². The molecule has 0 radical (unpaired) electrons. The first-order valence-electron chi connectivity index (χ1n) is 8.62. The average Bonchev–Trinajstić information content (AvgIpc) is 2.62. The van der Waals surface area contributed by atoms with Crippen LogP contribution in [0.5, 0.6) is 0 Å². The van der Waals surface area contributed by atoms with E-state index in [4.69, 9.17) is 5.73 Å². The number of rotatable bonds is 5. The van der Waals surface area contributed by atoms with E-state index in [1.54, 1.807) is 24.3 Å². The highest BCUT2D eigenvalue weighted by Gasteiger charge is 2.28. The normalized spacial score (nSPS) is 15.7. The Morgan fingerprint density at radius 3 is 2.37 bits per heavy atom. The first-order chi connectivity index (χ1) is 12.4. The largest absolute Gasteiger partial charge is 0.399 e. The summed E-state index contributed by atoms with van der Waals surface area (Å²) in [6.07, 6.45) is 1.20. The number of carbonyl (C=O) groups is 1. The van der Waals surface area contributed by atoms with Crippen LogP contribution in [-0.4, -0.2) is 37.8 Å². The molecule has 0 aromatic heterocycles. The lowest BCUT2D eigenvalue weighted by atomic mass is 10.1. The highest BCUT2D eigenvalue weighted by molar-refractivity contribution is 7.88. The molecular formula is C19H24ClN3O3S. The zero-order valence-electron chi connectivity index (χ0n) is 14.9. The predicted octanol–water partition coefficient (Wildman–Crippen LogP) is 2.41. The number of halogens is 1. The topological polar surface area (TPSA) is 92.5 Å². The maximum Gasteiger partial charge on any atom is 0.251 e. The van der Waals surface area contributed by atoms with Crippen molar-refractivity contribution >= 4 is 34.0 Å². The minimum absolute atomic E-state index is 0. The minimum atomic E-state index is -3.34. The number of sulfonamides is 1. The SMILES string of the molecule is Cl.Nc1cccc(C(=O)NC2CCN(S(=O)(=O)Cc3ccccc3)CC2)c1. The molecule has 0 aliphatic carbocycles. The number of piperidine rings is 1. The zero-order valence-corrected chi connectivity index (χ0v) is 16.5. The second-order valence-electron chi connectivity index (χ2n) is 6.51. The van der Waals surface area contributed by atoms with Crippen LogP contribution in [0.3, 0.4) is 0 Å². The van der Waals surface area contributed by atoms with Gasteiger partial charge in [0.25, 0.3) is 5.91 Å². The van der Waals surface area contributed by atoms with Gasteiger partial charge >= 0.3 is 0 Å². The van der Waals surface area contributed by atoms with Crippen LogP contribution in [0.25, 0.3) is 0 Å². The van der Waals surface area contributed by atoms with Crippen molar-refractivity contribution in [3.63, 3.8) is 0 Å². The van der Waals surface area contributed by atoms with Crippen LogP contribution in [-0.2, 0) is 15.8 Å². The molecule has 0 saturated carbocycles. The molecule has 1 aliphatic heterocycles. The van der Waals surface area contributed by atoms with E-state index in [1.807, 2.05) is 30.3 Å². The molecule has 146 valence electrons. The number of amides is 1. The third kappa shape index (κ3) is 5.69. The number of anilines is 1. The van der Waals surface area contributed by atoms with Gasteiger partial charge in [0, 0.05) is 30.4 Å². The molecule has 1 heterocycles. The number of carbonyl (C=O) groups excluding carboxylic acids is 1. The molecule has 1 saturated heterocycles.